The minimum atomic E-state index is -0.423. The van der Waals surface area contributed by atoms with Gasteiger partial charge in [0.1, 0.15) is 11.2 Å². The van der Waals surface area contributed by atoms with Gasteiger partial charge in [-0.2, -0.15) is 0 Å². The lowest BCUT2D eigenvalue weighted by molar-refractivity contribution is 0.672. The van der Waals surface area contributed by atoms with Gasteiger partial charge in [-0.15, -0.1) is 0 Å². The molecule has 0 bridgehead atoms. The van der Waals surface area contributed by atoms with Crippen LogP contribution in [0.5, 0.6) is 0 Å². The molecule has 0 saturated carbocycles. The van der Waals surface area contributed by atoms with E-state index < -0.39 is 24.2 Å². The average Bonchev–Trinajstić information content (AvgIpc) is 3.61. The molecule has 0 unspecified atom stereocenters. The first-order valence-corrected chi connectivity index (χ1v) is 15.5. The van der Waals surface area contributed by atoms with Gasteiger partial charge in [0.05, 0.1) is 11.0 Å². The van der Waals surface area contributed by atoms with Crippen molar-refractivity contribution in [3.05, 3.63) is 170 Å². The Bertz CT molecular complexity index is 3210. The maximum Gasteiger partial charge on any atom is 0.143 e. The van der Waals surface area contributed by atoms with Gasteiger partial charge < -0.3 is 4.42 Å². The molecule has 0 aliphatic rings. The van der Waals surface area contributed by atoms with Gasteiger partial charge in [0, 0.05) is 16.2 Å². The molecular weight excluding hydrogens is 569 g/mol. The second kappa shape index (κ2) is 10.2. The first-order chi connectivity index (χ1) is 26.6. The van der Waals surface area contributed by atoms with E-state index in [9.17, 15) is 5.48 Å². The molecule has 1 nitrogen and oxygen atoms in total. The van der Waals surface area contributed by atoms with Gasteiger partial charge >= 0.3 is 0 Å². The molecule has 0 saturated heterocycles. The Morgan fingerprint density at radius 1 is 0.383 bits per heavy atom. The van der Waals surface area contributed by atoms with Crippen molar-refractivity contribution in [3.63, 3.8) is 0 Å². The van der Waals surface area contributed by atoms with E-state index in [0.29, 0.717) is 22.3 Å². The zero-order valence-corrected chi connectivity index (χ0v) is 25.0. The van der Waals surface area contributed by atoms with Crippen LogP contribution in [0.3, 0.4) is 0 Å². The van der Waals surface area contributed by atoms with Crippen molar-refractivity contribution in [3.8, 4) is 33.4 Å². The van der Waals surface area contributed by atoms with Gasteiger partial charge in [-0.3, -0.25) is 0 Å². The van der Waals surface area contributed by atoms with Gasteiger partial charge in [0.15, 0.2) is 0 Å². The van der Waals surface area contributed by atoms with E-state index in [4.69, 9.17) is 9.90 Å². The number of rotatable bonds is 3. The van der Waals surface area contributed by atoms with Gasteiger partial charge in [-0.1, -0.05) is 151 Å². The van der Waals surface area contributed by atoms with E-state index in [1.54, 1.807) is 0 Å². The van der Waals surface area contributed by atoms with Crippen LogP contribution in [-0.4, -0.2) is 0 Å². The third-order valence-electron chi connectivity index (χ3n) is 9.30. The molecule has 1 aromatic heterocycles. The molecule has 47 heavy (non-hydrogen) atoms. The highest BCUT2D eigenvalue weighted by atomic mass is 16.3. The Morgan fingerprint density at radius 2 is 0.957 bits per heavy atom. The van der Waals surface area contributed by atoms with Crippen molar-refractivity contribution in [1.82, 2.24) is 0 Å². The molecule has 0 atom stereocenters. The summed E-state index contributed by atoms with van der Waals surface area (Å²) < 4.78 is 78.5. The van der Waals surface area contributed by atoms with Crippen molar-refractivity contribution in [1.29, 1.82) is 0 Å². The predicted octanol–water partition coefficient (Wildman–Crippen LogP) is 13.2. The Hall–Kier alpha value is -6.18. The second-order valence-electron chi connectivity index (χ2n) is 11.8. The summed E-state index contributed by atoms with van der Waals surface area (Å²) in [6.07, 6.45) is 0. The lowest BCUT2D eigenvalue weighted by Gasteiger charge is -2.19. The molecule has 218 valence electrons. The summed E-state index contributed by atoms with van der Waals surface area (Å²) in [7, 11) is 0. The maximum atomic E-state index is 9.30. The van der Waals surface area contributed by atoms with Crippen molar-refractivity contribution in [2.24, 2.45) is 0 Å². The standard InChI is InChI=1S/C46H28O/c1-3-13-34-30(10-1)12-9-19-36(34)45-39-17-7-5-15-37(39)44(38-16-6-8-18-40(38)45)32-22-20-29(21-23-32)33-25-27-43-42(28-33)41-26-24-31-11-2-4-14-35(31)46(41)47-43/h1-28H/i5D,6D,7D,8D,15D,16D,17D,18D. The summed E-state index contributed by atoms with van der Waals surface area (Å²) in [5, 5.41) is 6.60. The molecular formula is C46H28O. The van der Waals surface area contributed by atoms with Gasteiger partial charge in [0.2, 0.25) is 0 Å². The summed E-state index contributed by atoms with van der Waals surface area (Å²) in [5.41, 5.74) is 5.28. The van der Waals surface area contributed by atoms with Crippen LogP contribution >= 0.6 is 0 Å². The molecule has 0 fully saturated rings. The SMILES string of the molecule is [2H]c1c([2H])c([2H])c2c(-c3cccc4ccccc34)c3c([2H])c([2H])c([2H])c([2H])c3c(-c3ccc(-c4ccc5oc6c7ccccc7ccc6c5c4)cc3)c2c1[2H]. The molecule has 9 aromatic carbocycles. The van der Waals surface area contributed by atoms with Crippen LogP contribution in [0, 0.1) is 0 Å². The van der Waals surface area contributed by atoms with Crippen LogP contribution in [0.15, 0.2) is 174 Å². The Labute approximate surface area is 283 Å². The minimum Gasteiger partial charge on any atom is -0.455 e. The minimum absolute atomic E-state index is 0.192. The van der Waals surface area contributed by atoms with Crippen LogP contribution in [0.1, 0.15) is 11.0 Å². The fraction of sp³-hybridized carbons (Fsp3) is 0. The van der Waals surface area contributed by atoms with E-state index in [0.717, 1.165) is 54.6 Å². The summed E-state index contributed by atoms with van der Waals surface area (Å²) in [6.45, 7) is 0. The van der Waals surface area contributed by atoms with Crippen LogP contribution in [0.25, 0.3) is 98.4 Å². The van der Waals surface area contributed by atoms with Gasteiger partial charge in [-0.25, -0.2) is 0 Å². The lowest BCUT2D eigenvalue weighted by Crippen LogP contribution is -1.91. The van der Waals surface area contributed by atoms with Gasteiger partial charge in [0.25, 0.3) is 0 Å². The summed E-state index contributed by atoms with van der Waals surface area (Å²) >= 11 is 0. The molecule has 0 amide bonds. The second-order valence-corrected chi connectivity index (χ2v) is 11.8. The third-order valence-corrected chi connectivity index (χ3v) is 9.30. The summed E-state index contributed by atoms with van der Waals surface area (Å²) in [6, 6.07) is 36.4. The monoisotopic (exact) mass is 604 g/mol. The van der Waals surface area contributed by atoms with Crippen molar-refractivity contribution in [2.75, 3.05) is 0 Å². The molecule has 0 aliphatic carbocycles. The average molecular weight is 605 g/mol. The highest BCUT2D eigenvalue weighted by molar-refractivity contribution is 6.23. The van der Waals surface area contributed by atoms with Crippen molar-refractivity contribution >= 4 is 65.0 Å². The van der Waals surface area contributed by atoms with E-state index in [-0.39, 0.29) is 45.7 Å². The molecule has 0 N–H and O–H groups in total. The zero-order chi connectivity index (χ0) is 37.9. The Morgan fingerprint density at radius 3 is 1.68 bits per heavy atom. The zero-order valence-electron chi connectivity index (χ0n) is 33.0. The normalized spacial score (nSPS) is 14.2. The Balaban J connectivity index is 1.27. The maximum absolute atomic E-state index is 9.30. The number of benzene rings is 9. The molecule has 0 radical (unpaired) electrons. The van der Waals surface area contributed by atoms with Crippen LogP contribution in [0.4, 0.5) is 0 Å². The first kappa shape index (κ1) is 19.4. The molecule has 0 aliphatic heterocycles. The van der Waals surface area contributed by atoms with E-state index in [2.05, 4.69) is 30.3 Å². The van der Waals surface area contributed by atoms with Crippen LogP contribution in [0.2, 0.25) is 0 Å². The smallest absolute Gasteiger partial charge is 0.143 e. The van der Waals surface area contributed by atoms with E-state index in [1.165, 1.54) is 0 Å². The summed E-state index contributed by atoms with van der Waals surface area (Å²) in [5.74, 6) is 0. The fourth-order valence-corrected chi connectivity index (χ4v) is 7.14. The highest BCUT2D eigenvalue weighted by Crippen LogP contribution is 2.45. The lowest BCUT2D eigenvalue weighted by atomic mass is 9.84. The van der Waals surface area contributed by atoms with E-state index >= 15 is 0 Å². The number of hydrogen-bond acceptors (Lipinski definition) is 1. The molecule has 10 aromatic rings. The van der Waals surface area contributed by atoms with Crippen molar-refractivity contribution < 1.29 is 15.4 Å². The van der Waals surface area contributed by atoms with Crippen LogP contribution < -0.4 is 0 Å². The summed E-state index contributed by atoms with van der Waals surface area (Å²) in [4.78, 5) is 0. The van der Waals surface area contributed by atoms with Crippen LogP contribution in [-0.2, 0) is 0 Å². The van der Waals surface area contributed by atoms with Gasteiger partial charge in [-0.05, 0) is 89.3 Å². The molecule has 1 heteroatoms. The molecule has 0 spiro atoms. The van der Waals surface area contributed by atoms with Crippen molar-refractivity contribution in [2.45, 2.75) is 0 Å². The molecule has 10 rings (SSSR count). The Kier molecular flexibility index (Phi) is 4.19. The predicted molar refractivity (Wildman–Crippen MR) is 200 cm³/mol. The topological polar surface area (TPSA) is 13.1 Å². The quantitative estimate of drug-likeness (QED) is 0.183. The fourth-order valence-electron chi connectivity index (χ4n) is 7.14. The first-order valence-electron chi connectivity index (χ1n) is 19.5. The van der Waals surface area contributed by atoms with E-state index in [1.807, 2.05) is 91.0 Å². The molecule has 1 heterocycles. The largest absolute Gasteiger partial charge is 0.455 e. The third kappa shape index (κ3) is 3.97. The number of hydrogen-bond donors (Lipinski definition) is 0. The highest BCUT2D eigenvalue weighted by Gasteiger charge is 2.18. The number of fused-ring (bicyclic) bond motifs is 8. The number of furan rings is 1.